The first kappa shape index (κ1) is 12.9. The molecule has 16 heavy (non-hydrogen) atoms. The molecule has 0 fully saturated rings. The molecular weight excluding hydrogens is 206 g/mol. The molecule has 0 unspecified atom stereocenters. The van der Waals surface area contributed by atoms with Gasteiger partial charge in [0.2, 0.25) is 0 Å². The van der Waals surface area contributed by atoms with Gasteiger partial charge in [-0.2, -0.15) is 0 Å². The minimum atomic E-state index is -0.0413. The molecule has 0 atom stereocenters. The van der Waals surface area contributed by atoms with Gasteiger partial charge in [-0.25, -0.2) is 0 Å². The summed E-state index contributed by atoms with van der Waals surface area (Å²) in [6.45, 7) is 4.02. The largest absolute Gasteiger partial charge is 0.490 e. The van der Waals surface area contributed by atoms with Crippen LogP contribution in [0, 0.1) is 0 Å². The first-order chi connectivity index (χ1) is 7.86. The molecule has 1 N–H and O–H groups in total. The van der Waals surface area contributed by atoms with E-state index in [0.29, 0.717) is 24.7 Å². The molecule has 0 radical (unpaired) electrons. The molecule has 1 heterocycles. The summed E-state index contributed by atoms with van der Waals surface area (Å²) in [5.74, 6) is 0.705. The summed E-state index contributed by atoms with van der Waals surface area (Å²) >= 11 is 0. The van der Waals surface area contributed by atoms with Crippen LogP contribution in [0.3, 0.4) is 0 Å². The number of nitrogens with zero attached hydrogens (tertiary/aromatic N) is 1. The maximum absolute atomic E-state index is 8.80. The molecule has 0 amide bonds. The van der Waals surface area contributed by atoms with Crippen LogP contribution < -0.4 is 4.74 Å². The smallest absolute Gasteiger partial charge is 0.137 e. The summed E-state index contributed by atoms with van der Waals surface area (Å²) in [6, 6.07) is 3.54. The molecule has 0 saturated heterocycles. The molecule has 90 valence electrons. The van der Waals surface area contributed by atoms with Gasteiger partial charge < -0.3 is 14.6 Å². The molecule has 1 aromatic rings. The fraction of sp³-hybridized carbons (Fsp3) is 0.583. The van der Waals surface area contributed by atoms with Crippen LogP contribution in [0.15, 0.2) is 18.3 Å². The van der Waals surface area contributed by atoms with E-state index >= 15 is 0 Å². The molecule has 0 aliphatic carbocycles. The fourth-order valence-electron chi connectivity index (χ4n) is 1.16. The predicted molar refractivity (Wildman–Crippen MR) is 61.4 cm³/mol. The molecule has 0 bridgehead atoms. The van der Waals surface area contributed by atoms with E-state index in [9.17, 15) is 0 Å². The van der Waals surface area contributed by atoms with Gasteiger partial charge in [0.25, 0.3) is 0 Å². The van der Waals surface area contributed by atoms with Crippen molar-refractivity contribution in [2.75, 3.05) is 19.8 Å². The third kappa shape index (κ3) is 5.09. The van der Waals surface area contributed by atoms with Gasteiger partial charge in [0.1, 0.15) is 12.4 Å². The summed E-state index contributed by atoms with van der Waals surface area (Å²) < 4.78 is 10.8. The standard InChI is InChI=1S/C12H19NO3/c1-2-3-6-15-7-8-16-12-5-4-11(10-14)13-9-12/h4-5,9,14H,2-3,6-8,10H2,1H3. The van der Waals surface area contributed by atoms with Gasteiger partial charge in [0, 0.05) is 6.61 Å². The Balaban J connectivity index is 2.12. The zero-order chi connectivity index (χ0) is 11.6. The molecule has 0 spiro atoms. The minimum Gasteiger partial charge on any atom is -0.490 e. The molecule has 1 aromatic heterocycles. The molecule has 0 aromatic carbocycles. The van der Waals surface area contributed by atoms with Crippen molar-refractivity contribution in [3.8, 4) is 5.75 Å². The quantitative estimate of drug-likeness (QED) is 0.685. The Kier molecular flexibility index (Phi) is 6.53. The van der Waals surface area contributed by atoms with Crippen LogP contribution in [0.2, 0.25) is 0 Å². The lowest BCUT2D eigenvalue weighted by molar-refractivity contribution is 0.0979. The van der Waals surface area contributed by atoms with Crippen molar-refractivity contribution in [3.63, 3.8) is 0 Å². The normalized spacial score (nSPS) is 10.4. The Hall–Kier alpha value is -1.13. The van der Waals surface area contributed by atoms with Crippen LogP contribution in [-0.2, 0) is 11.3 Å². The number of rotatable bonds is 8. The Labute approximate surface area is 96.2 Å². The molecule has 0 saturated carbocycles. The fourth-order valence-corrected chi connectivity index (χ4v) is 1.16. The van der Waals surface area contributed by atoms with E-state index in [0.717, 1.165) is 19.4 Å². The van der Waals surface area contributed by atoms with Crippen LogP contribution in [0.5, 0.6) is 5.75 Å². The molecule has 0 aliphatic heterocycles. The van der Waals surface area contributed by atoms with E-state index in [2.05, 4.69) is 11.9 Å². The Morgan fingerprint density at radius 2 is 2.12 bits per heavy atom. The zero-order valence-corrected chi connectivity index (χ0v) is 9.69. The van der Waals surface area contributed by atoms with Crippen molar-refractivity contribution >= 4 is 0 Å². The van der Waals surface area contributed by atoms with Gasteiger partial charge in [-0.3, -0.25) is 4.98 Å². The number of hydrogen-bond donors (Lipinski definition) is 1. The highest BCUT2D eigenvalue weighted by molar-refractivity contribution is 5.19. The van der Waals surface area contributed by atoms with Gasteiger partial charge in [0.15, 0.2) is 0 Å². The third-order valence-corrected chi connectivity index (χ3v) is 2.10. The molecule has 1 rings (SSSR count). The topological polar surface area (TPSA) is 51.6 Å². The average molecular weight is 225 g/mol. The second-order valence-electron chi connectivity index (χ2n) is 3.46. The van der Waals surface area contributed by atoms with E-state index in [1.165, 1.54) is 0 Å². The SMILES string of the molecule is CCCCOCCOc1ccc(CO)nc1. The van der Waals surface area contributed by atoms with Gasteiger partial charge in [-0.1, -0.05) is 13.3 Å². The van der Waals surface area contributed by atoms with E-state index in [1.807, 2.05) is 0 Å². The van der Waals surface area contributed by atoms with Crippen molar-refractivity contribution in [3.05, 3.63) is 24.0 Å². The van der Waals surface area contributed by atoms with Crippen LogP contribution in [0.4, 0.5) is 0 Å². The number of ether oxygens (including phenoxy) is 2. The molecule has 4 nitrogen and oxygen atoms in total. The Morgan fingerprint density at radius 3 is 2.75 bits per heavy atom. The van der Waals surface area contributed by atoms with Crippen LogP contribution in [0.1, 0.15) is 25.5 Å². The first-order valence-corrected chi connectivity index (χ1v) is 5.63. The molecule has 0 aliphatic rings. The van der Waals surface area contributed by atoms with Crippen molar-refractivity contribution < 1.29 is 14.6 Å². The van der Waals surface area contributed by atoms with E-state index in [1.54, 1.807) is 18.3 Å². The van der Waals surface area contributed by atoms with Crippen LogP contribution >= 0.6 is 0 Å². The number of aromatic nitrogens is 1. The summed E-state index contributed by atoms with van der Waals surface area (Å²) in [4.78, 5) is 4.01. The maximum Gasteiger partial charge on any atom is 0.137 e. The summed E-state index contributed by atoms with van der Waals surface area (Å²) in [5, 5.41) is 8.80. The highest BCUT2D eigenvalue weighted by Crippen LogP contribution is 2.08. The van der Waals surface area contributed by atoms with Gasteiger partial charge >= 0.3 is 0 Å². The lowest BCUT2D eigenvalue weighted by Gasteiger charge is -2.06. The highest BCUT2D eigenvalue weighted by Gasteiger charge is 1.95. The maximum atomic E-state index is 8.80. The van der Waals surface area contributed by atoms with Crippen LogP contribution in [0.25, 0.3) is 0 Å². The highest BCUT2D eigenvalue weighted by atomic mass is 16.5. The number of aliphatic hydroxyl groups excluding tert-OH is 1. The van der Waals surface area contributed by atoms with E-state index in [-0.39, 0.29) is 6.61 Å². The summed E-state index contributed by atoms with van der Waals surface area (Å²) in [5.41, 5.74) is 0.645. The lowest BCUT2D eigenvalue weighted by Crippen LogP contribution is -2.07. The Morgan fingerprint density at radius 1 is 1.25 bits per heavy atom. The number of aliphatic hydroxyl groups is 1. The average Bonchev–Trinajstić information content (AvgIpc) is 2.34. The van der Waals surface area contributed by atoms with Gasteiger partial charge in [-0.15, -0.1) is 0 Å². The molecule has 4 heteroatoms. The van der Waals surface area contributed by atoms with Crippen molar-refractivity contribution in [2.45, 2.75) is 26.4 Å². The predicted octanol–water partition coefficient (Wildman–Crippen LogP) is 1.77. The third-order valence-electron chi connectivity index (χ3n) is 2.10. The van der Waals surface area contributed by atoms with Gasteiger partial charge in [0.05, 0.1) is 25.1 Å². The van der Waals surface area contributed by atoms with Crippen molar-refractivity contribution in [1.29, 1.82) is 0 Å². The lowest BCUT2D eigenvalue weighted by atomic mass is 10.3. The number of pyridine rings is 1. The van der Waals surface area contributed by atoms with Crippen LogP contribution in [-0.4, -0.2) is 29.9 Å². The molecular formula is C12H19NO3. The van der Waals surface area contributed by atoms with Crippen molar-refractivity contribution in [2.24, 2.45) is 0 Å². The Bertz CT molecular complexity index is 274. The number of hydrogen-bond acceptors (Lipinski definition) is 4. The van der Waals surface area contributed by atoms with Crippen molar-refractivity contribution in [1.82, 2.24) is 4.98 Å². The second-order valence-corrected chi connectivity index (χ2v) is 3.46. The second kappa shape index (κ2) is 8.07. The van der Waals surface area contributed by atoms with E-state index < -0.39 is 0 Å². The summed E-state index contributed by atoms with van der Waals surface area (Å²) in [6.07, 6.45) is 3.84. The first-order valence-electron chi connectivity index (χ1n) is 5.63. The monoisotopic (exact) mass is 225 g/mol. The van der Waals surface area contributed by atoms with Gasteiger partial charge in [-0.05, 0) is 18.6 Å². The minimum absolute atomic E-state index is 0.0413. The summed E-state index contributed by atoms with van der Waals surface area (Å²) in [7, 11) is 0. The zero-order valence-electron chi connectivity index (χ0n) is 9.69. The van der Waals surface area contributed by atoms with E-state index in [4.69, 9.17) is 14.6 Å². The number of unbranched alkanes of at least 4 members (excludes halogenated alkanes) is 1.